The number of ether oxygens (including phenoxy) is 1. The number of thiophene rings is 1. The van der Waals surface area contributed by atoms with Crippen LogP contribution in [-0.4, -0.2) is 16.8 Å². The number of carbonyl (C=O) groups is 2. The lowest BCUT2D eigenvalue weighted by molar-refractivity contribution is 0.0992. The summed E-state index contributed by atoms with van der Waals surface area (Å²) in [6, 6.07) is 21.0. The number of nitrogens with zero attached hydrogens (tertiary/aromatic N) is 1. The first-order chi connectivity index (χ1) is 19.4. The number of halogens is 2. The Labute approximate surface area is 229 Å². The van der Waals surface area contributed by atoms with Crippen LogP contribution in [0.4, 0.5) is 14.5 Å². The first kappa shape index (κ1) is 25.3. The van der Waals surface area contributed by atoms with Crippen LogP contribution in [0.1, 0.15) is 38.1 Å². The molecule has 8 nitrogen and oxygen atoms in total. The highest BCUT2D eigenvalue weighted by Gasteiger charge is 2.26. The van der Waals surface area contributed by atoms with Gasteiger partial charge in [0.1, 0.15) is 39.3 Å². The molecular weight excluding hydrogens is 540 g/mol. The van der Waals surface area contributed by atoms with Gasteiger partial charge in [-0.05, 0) is 53.2 Å². The van der Waals surface area contributed by atoms with Crippen molar-refractivity contribution < 1.29 is 31.9 Å². The number of pyridine rings is 1. The lowest BCUT2D eigenvalue weighted by atomic mass is 10.1. The van der Waals surface area contributed by atoms with Gasteiger partial charge in [0.2, 0.25) is 0 Å². The predicted molar refractivity (Wildman–Crippen MR) is 146 cm³/mol. The molecule has 0 aliphatic rings. The maximum Gasteiger partial charge on any atom is 0.291 e. The van der Waals surface area contributed by atoms with E-state index in [4.69, 9.17) is 19.3 Å². The number of nitrogens with two attached hydrogens (primary N) is 1. The zero-order chi connectivity index (χ0) is 27.8. The second kappa shape index (κ2) is 10.3. The number of furan rings is 2. The van der Waals surface area contributed by atoms with Gasteiger partial charge in [0, 0.05) is 10.9 Å². The largest absolute Gasteiger partial charge is 0.486 e. The van der Waals surface area contributed by atoms with Crippen LogP contribution in [0.2, 0.25) is 0 Å². The van der Waals surface area contributed by atoms with Crippen LogP contribution in [0.15, 0.2) is 87.9 Å². The average molecular weight is 560 g/mol. The molecule has 0 fully saturated rings. The molecule has 6 rings (SSSR count). The Morgan fingerprint density at radius 1 is 1.02 bits per heavy atom. The quantitative estimate of drug-likeness (QED) is 0.204. The molecule has 0 atom stereocenters. The topological polar surface area (TPSA) is 121 Å². The molecule has 0 bridgehead atoms. The summed E-state index contributed by atoms with van der Waals surface area (Å²) < 4.78 is 44.1. The van der Waals surface area contributed by atoms with E-state index < -0.39 is 23.9 Å². The fourth-order valence-corrected chi connectivity index (χ4v) is 5.33. The van der Waals surface area contributed by atoms with Crippen molar-refractivity contribution in [2.45, 2.75) is 13.0 Å². The number of hydrogen-bond donors (Lipinski definition) is 2. The third kappa shape index (κ3) is 4.78. The van der Waals surface area contributed by atoms with E-state index in [0.717, 1.165) is 28.2 Å². The summed E-state index contributed by atoms with van der Waals surface area (Å²) in [5.74, 6) is -0.303. The van der Waals surface area contributed by atoms with Gasteiger partial charge in [-0.2, -0.15) is 0 Å². The molecule has 0 aliphatic heterocycles. The number of hydrogen-bond acceptors (Lipinski definition) is 7. The van der Waals surface area contributed by atoms with Crippen molar-refractivity contribution in [3.63, 3.8) is 0 Å². The minimum Gasteiger partial charge on any atom is -0.486 e. The number of anilines is 1. The summed E-state index contributed by atoms with van der Waals surface area (Å²) in [6.45, 7) is 0.0719. The summed E-state index contributed by atoms with van der Waals surface area (Å²) in [7, 11) is 0. The lowest BCUT2D eigenvalue weighted by Crippen LogP contribution is -2.16. The Hall–Kier alpha value is -5.03. The van der Waals surface area contributed by atoms with Crippen LogP contribution in [0, 0.1) is 0 Å². The minimum atomic E-state index is -2.87. The molecule has 6 aromatic rings. The summed E-state index contributed by atoms with van der Waals surface area (Å²) in [4.78, 5) is 29.5. The second-order valence-corrected chi connectivity index (χ2v) is 9.74. The molecule has 0 spiro atoms. The number of primary amides is 1. The highest BCUT2D eigenvalue weighted by atomic mass is 32.1. The van der Waals surface area contributed by atoms with Crippen molar-refractivity contribution >= 4 is 49.8 Å². The standard InChI is InChI=1S/C29H19F2N3O5S/c30-26(31)20-13-19(21-6-3-11-37-21)23-24(25(27(32)35)40-29(23)33-20)34-28(36)22-10-9-18(39-22)14-38-17-8-7-15-4-1-2-5-16(15)12-17/h1-13,26H,14H2,(H2,32,35)(H,34,36). The number of benzene rings is 2. The van der Waals surface area contributed by atoms with E-state index in [-0.39, 0.29) is 44.5 Å². The zero-order valence-electron chi connectivity index (χ0n) is 20.5. The molecule has 3 N–H and O–H groups in total. The van der Waals surface area contributed by atoms with Gasteiger partial charge in [0.15, 0.2) is 5.76 Å². The fraction of sp³-hybridized carbons (Fsp3) is 0.0690. The smallest absolute Gasteiger partial charge is 0.291 e. The number of nitrogens with one attached hydrogen (secondary N) is 1. The first-order valence-corrected chi connectivity index (χ1v) is 12.8. The average Bonchev–Trinajstić information content (AvgIpc) is 3.72. The van der Waals surface area contributed by atoms with Crippen LogP contribution < -0.4 is 15.8 Å². The normalized spacial score (nSPS) is 11.4. The van der Waals surface area contributed by atoms with Crippen molar-refractivity contribution in [1.29, 1.82) is 0 Å². The van der Waals surface area contributed by atoms with E-state index in [0.29, 0.717) is 11.5 Å². The second-order valence-electron chi connectivity index (χ2n) is 8.74. The van der Waals surface area contributed by atoms with E-state index in [1.165, 1.54) is 12.3 Å². The molecule has 40 heavy (non-hydrogen) atoms. The predicted octanol–water partition coefficient (Wildman–Crippen LogP) is 7.17. The molecule has 4 heterocycles. The number of aromatic nitrogens is 1. The number of alkyl halides is 2. The Morgan fingerprint density at radius 3 is 2.60 bits per heavy atom. The van der Waals surface area contributed by atoms with Crippen LogP contribution >= 0.6 is 11.3 Å². The molecular formula is C29H19F2N3O5S. The van der Waals surface area contributed by atoms with Gasteiger partial charge in [-0.1, -0.05) is 30.3 Å². The molecule has 4 aromatic heterocycles. The zero-order valence-corrected chi connectivity index (χ0v) is 21.3. The highest BCUT2D eigenvalue weighted by Crippen LogP contribution is 2.42. The maximum absolute atomic E-state index is 13.6. The molecule has 0 radical (unpaired) electrons. The highest BCUT2D eigenvalue weighted by molar-refractivity contribution is 7.21. The Balaban J connectivity index is 1.28. The third-order valence-electron chi connectivity index (χ3n) is 6.14. The van der Waals surface area contributed by atoms with Gasteiger partial charge in [-0.25, -0.2) is 13.8 Å². The van der Waals surface area contributed by atoms with E-state index in [9.17, 15) is 18.4 Å². The summed E-state index contributed by atoms with van der Waals surface area (Å²) in [5, 5.41) is 5.01. The number of carbonyl (C=O) groups excluding carboxylic acids is 2. The van der Waals surface area contributed by atoms with Crippen molar-refractivity contribution in [3.8, 4) is 17.1 Å². The van der Waals surface area contributed by atoms with E-state index >= 15 is 0 Å². The Bertz CT molecular complexity index is 1880. The van der Waals surface area contributed by atoms with Gasteiger partial charge in [0.05, 0.1) is 12.0 Å². The van der Waals surface area contributed by atoms with Crippen molar-refractivity contribution in [2.24, 2.45) is 5.73 Å². The van der Waals surface area contributed by atoms with Crippen LogP contribution in [0.3, 0.4) is 0 Å². The first-order valence-electron chi connectivity index (χ1n) is 12.0. The third-order valence-corrected chi connectivity index (χ3v) is 7.24. The van der Waals surface area contributed by atoms with Gasteiger partial charge >= 0.3 is 0 Å². The molecule has 2 aromatic carbocycles. The van der Waals surface area contributed by atoms with Crippen LogP contribution in [0.25, 0.3) is 32.3 Å². The van der Waals surface area contributed by atoms with E-state index in [1.807, 2.05) is 42.5 Å². The number of amides is 2. The van der Waals surface area contributed by atoms with Crippen molar-refractivity contribution in [2.75, 3.05) is 5.32 Å². The Morgan fingerprint density at radius 2 is 1.85 bits per heavy atom. The monoisotopic (exact) mass is 559 g/mol. The fourth-order valence-electron chi connectivity index (χ4n) is 4.31. The molecule has 0 saturated heterocycles. The summed E-state index contributed by atoms with van der Waals surface area (Å²) >= 11 is 0.798. The van der Waals surface area contributed by atoms with Gasteiger partial charge in [-0.15, -0.1) is 11.3 Å². The van der Waals surface area contributed by atoms with Crippen LogP contribution in [-0.2, 0) is 6.61 Å². The SMILES string of the molecule is NC(=O)c1sc2nc(C(F)F)cc(-c3ccco3)c2c1NC(=O)c1ccc(COc2ccc3ccccc3c2)o1. The van der Waals surface area contributed by atoms with E-state index in [2.05, 4.69) is 10.3 Å². The van der Waals surface area contributed by atoms with Gasteiger partial charge < -0.3 is 24.6 Å². The summed E-state index contributed by atoms with van der Waals surface area (Å²) in [5.41, 5.74) is 5.33. The molecule has 2 amide bonds. The van der Waals surface area contributed by atoms with Crippen molar-refractivity contribution in [1.82, 2.24) is 4.98 Å². The number of fused-ring (bicyclic) bond motifs is 2. The lowest BCUT2D eigenvalue weighted by Gasteiger charge is -2.09. The van der Waals surface area contributed by atoms with Gasteiger partial charge in [-0.3, -0.25) is 9.59 Å². The number of rotatable bonds is 8. The minimum absolute atomic E-state index is 0.0302. The molecule has 0 aliphatic carbocycles. The van der Waals surface area contributed by atoms with Gasteiger partial charge in [0.25, 0.3) is 18.2 Å². The van der Waals surface area contributed by atoms with Crippen molar-refractivity contribution in [3.05, 3.63) is 101 Å². The Kier molecular flexibility index (Phi) is 6.48. The molecule has 200 valence electrons. The molecule has 11 heteroatoms. The van der Waals surface area contributed by atoms with E-state index in [1.54, 1.807) is 18.2 Å². The summed E-state index contributed by atoms with van der Waals surface area (Å²) in [6.07, 6.45) is -1.48. The molecule has 0 saturated carbocycles. The van der Waals surface area contributed by atoms with Crippen LogP contribution in [0.5, 0.6) is 5.75 Å². The maximum atomic E-state index is 13.6. The molecule has 0 unspecified atom stereocenters.